The van der Waals surface area contributed by atoms with Crippen molar-refractivity contribution in [1.29, 1.82) is 0 Å². The third-order valence-corrected chi connectivity index (χ3v) is 2.64. The number of rotatable bonds is 5. The van der Waals surface area contributed by atoms with Crippen molar-refractivity contribution in [3.8, 4) is 0 Å². The fourth-order valence-corrected chi connectivity index (χ4v) is 1.54. The molecule has 0 heterocycles. The summed E-state index contributed by atoms with van der Waals surface area (Å²) < 4.78 is 0. The van der Waals surface area contributed by atoms with Gasteiger partial charge in [0.2, 0.25) is 0 Å². The fourth-order valence-electron chi connectivity index (χ4n) is 0.512. The summed E-state index contributed by atoms with van der Waals surface area (Å²) in [7, 11) is 0. The average Bonchev–Trinajstić information content (AvgIpc) is 1.89. The van der Waals surface area contributed by atoms with Gasteiger partial charge in [0.25, 0.3) is 0 Å². The molecule has 1 radical (unpaired) electrons. The van der Waals surface area contributed by atoms with Crippen molar-refractivity contribution in [3.63, 3.8) is 0 Å². The Kier molecular flexibility index (Phi) is 6.72. The molecule has 1 atom stereocenters. The molecule has 9 heavy (non-hydrogen) atoms. The molecule has 1 heteroatoms. The van der Waals surface area contributed by atoms with E-state index in [1.54, 1.807) is 0 Å². The van der Waals surface area contributed by atoms with E-state index in [4.69, 9.17) is 0 Å². The van der Waals surface area contributed by atoms with Crippen LogP contribution in [0.3, 0.4) is 0 Å². The highest BCUT2D eigenvalue weighted by atomic mass is 32.2. The molecule has 0 aliphatic rings. The van der Waals surface area contributed by atoms with Gasteiger partial charge in [-0.05, 0) is 25.5 Å². The van der Waals surface area contributed by atoms with Crippen molar-refractivity contribution in [2.24, 2.45) is 0 Å². The molecule has 0 amide bonds. The smallest absolute Gasteiger partial charge is 0.00448 e. The van der Waals surface area contributed by atoms with Crippen LogP contribution in [-0.2, 0) is 0 Å². The first kappa shape index (κ1) is 9.35. The van der Waals surface area contributed by atoms with E-state index in [0.29, 0.717) is 5.25 Å². The van der Waals surface area contributed by atoms with Gasteiger partial charge in [0.05, 0.1) is 0 Å². The molecule has 0 spiro atoms. The van der Waals surface area contributed by atoms with Gasteiger partial charge < -0.3 is 0 Å². The summed E-state index contributed by atoms with van der Waals surface area (Å²) in [5.74, 6) is 1.29. The zero-order valence-electron chi connectivity index (χ0n) is 6.52. The SMILES string of the molecule is [CH2]C(CC)SCCCC. The Morgan fingerprint density at radius 2 is 2.11 bits per heavy atom. The van der Waals surface area contributed by atoms with E-state index >= 15 is 0 Å². The Bertz CT molecular complexity index is 52.5. The number of hydrogen-bond donors (Lipinski definition) is 0. The van der Waals surface area contributed by atoms with Gasteiger partial charge in [0, 0.05) is 5.25 Å². The second kappa shape index (κ2) is 6.47. The van der Waals surface area contributed by atoms with E-state index in [1.807, 2.05) is 11.8 Å². The minimum Gasteiger partial charge on any atom is -0.159 e. The monoisotopic (exact) mass is 145 g/mol. The lowest BCUT2D eigenvalue weighted by Crippen LogP contribution is -1.94. The van der Waals surface area contributed by atoms with Gasteiger partial charge >= 0.3 is 0 Å². The second-order valence-corrected chi connectivity index (χ2v) is 3.66. The molecule has 0 aromatic rings. The molecule has 0 bridgehead atoms. The standard InChI is InChI=1S/C8H17S/c1-4-6-7-9-8(3)5-2/h8H,3-7H2,1-2H3. The molecule has 0 aliphatic heterocycles. The molecule has 0 nitrogen and oxygen atoms in total. The van der Waals surface area contributed by atoms with Crippen LogP contribution in [-0.4, -0.2) is 11.0 Å². The zero-order valence-corrected chi connectivity index (χ0v) is 7.34. The van der Waals surface area contributed by atoms with Gasteiger partial charge in [-0.25, -0.2) is 0 Å². The van der Waals surface area contributed by atoms with Crippen LogP contribution in [0.1, 0.15) is 33.1 Å². The molecule has 0 aliphatic carbocycles. The third kappa shape index (κ3) is 6.23. The van der Waals surface area contributed by atoms with Crippen LogP contribution in [0.2, 0.25) is 0 Å². The van der Waals surface area contributed by atoms with E-state index in [9.17, 15) is 0 Å². The Labute approximate surface area is 63.4 Å². The number of unbranched alkanes of at least 4 members (excludes halogenated alkanes) is 1. The summed E-state index contributed by atoms with van der Waals surface area (Å²) in [4.78, 5) is 0. The first-order valence-corrected chi connectivity index (χ1v) is 4.80. The van der Waals surface area contributed by atoms with Crippen LogP contribution in [0.4, 0.5) is 0 Å². The average molecular weight is 145 g/mol. The maximum Gasteiger partial charge on any atom is 0.00448 e. The Morgan fingerprint density at radius 3 is 2.56 bits per heavy atom. The Hall–Kier alpha value is 0.350. The highest BCUT2D eigenvalue weighted by Gasteiger charge is 1.96. The molecule has 0 saturated heterocycles. The maximum atomic E-state index is 3.99. The zero-order chi connectivity index (χ0) is 7.11. The van der Waals surface area contributed by atoms with Crippen LogP contribution in [0.25, 0.3) is 0 Å². The molecule has 1 unspecified atom stereocenters. The van der Waals surface area contributed by atoms with E-state index in [-0.39, 0.29) is 0 Å². The number of thioether (sulfide) groups is 1. The van der Waals surface area contributed by atoms with Crippen LogP contribution in [0.15, 0.2) is 0 Å². The van der Waals surface area contributed by atoms with Gasteiger partial charge in [-0.1, -0.05) is 20.3 Å². The maximum absolute atomic E-state index is 3.99. The summed E-state index contributed by atoms with van der Waals surface area (Å²) in [6.07, 6.45) is 3.86. The summed E-state index contributed by atoms with van der Waals surface area (Å²) in [6, 6.07) is 0. The molecular weight excluding hydrogens is 128 g/mol. The van der Waals surface area contributed by atoms with Gasteiger partial charge in [0.15, 0.2) is 0 Å². The van der Waals surface area contributed by atoms with Crippen molar-refractivity contribution < 1.29 is 0 Å². The van der Waals surface area contributed by atoms with Crippen LogP contribution in [0.5, 0.6) is 0 Å². The predicted molar refractivity (Wildman–Crippen MR) is 46.8 cm³/mol. The molecule has 0 fully saturated rings. The van der Waals surface area contributed by atoms with E-state index in [2.05, 4.69) is 20.8 Å². The summed E-state index contributed by atoms with van der Waals surface area (Å²) >= 11 is 1.99. The van der Waals surface area contributed by atoms with Gasteiger partial charge in [0.1, 0.15) is 0 Å². The van der Waals surface area contributed by atoms with Crippen molar-refractivity contribution in [1.82, 2.24) is 0 Å². The van der Waals surface area contributed by atoms with Crippen LogP contribution in [0, 0.1) is 6.92 Å². The minimum absolute atomic E-state index is 0.622. The minimum atomic E-state index is 0.622. The van der Waals surface area contributed by atoms with E-state index in [0.717, 1.165) is 0 Å². The first-order valence-electron chi connectivity index (χ1n) is 3.76. The lowest BCUT2D eigenvalue weighted by Gasteiger charge is -2.05. The molecule has 0 aromatic carbocycles. The number of hydrogen-bond acceptors (Lipinski definition) is 1. The van der Waals surface area contributed by atoms with E-state index in [1.165, 1.54) is 25.0 Å². The predicted octanol–water partition coefficient (Wildman–Crippen LogP) is 3.13. The van der Waals surface area contributed by atoms with Crippen molar-refractivity contribution in [2.45, 2.75) is 38.4 Å². The van der Waals surface area contributed by atoms with Crippen molar-refractivity contribution in [3.05, 3.63) is 6.92 Å². The van der Waals surface area contributed by atoms with Crippen molar-refractivity contribution >= 4 is 11.8 Å². The first-order chi connectivity index (χ1) is 4.31. The highest BCUT2D eigenvalue weighted by molar-refractivity contribution is 7.99. The summed E-state index contributed by atoms with van der Waals surface area (Å²) in [6.45, 7) is 8.41. The topological polar surface area (TPSA) is 0 Å². The lowest BCUT2D eigenvalue weighted by atomic mass is 10.4. The van der Waals surface area contributed by atoms with Gasteiger partial charge in [-0.15, -0.1) is 0 Å². The third-order valence-electron chi connectivity index (χ3n) is 1.31. The normalized spacial score (nSPS) is 13.7. The summed E-state index contributed by atoms with van der Waals surface area (Å²) in [5, 5.41) is 0.622. The van der Waals surface area contributed by atoms with Gasteiger partial charge in [-0.2, -0.15) is 11.8 Å². The molecular formula is C8H17S. The summed E-state index contributed by atoms with van der Waals surface area (Å²) in [5.41, 5.74) is 0. The van der Waals surface area contributed by atoms with Crippen molar-refractivity contribution in [2.75, 3.05) is 5.75 Å². The largest absolute Gasteiger partial charge is 0.159 e. The van der Waals surface area contributed by atoms with E-state index < -0.39 is 0 Å². The quantitative estimate of drug-likeness (QED) is 0.536. The molecule has 0 saturated carbocycles. The molecule has 0 aromatic heterocycles. The second-order valence-electron chi connectivity index (χ2n) is 2.25. The van der Waals surface area contributed by atoms with Gasteiger partial charge in [-0.3, -0.25) is 0 Å². The Balaban J connectivity index is 2.88. The Morgan fingerprint density at radius 1 is 1.44 bits per heavy atom. The fraction of sp³-hybridized carbons (Fsp3) is 0.875. The highest BCUT2D eigenvalue weighted by Crippen LogP contribution is 2.14. The lowest BCUT2D eigenvalue weighted by molar-refractivity contribution is 0.888. The molecule has 0 N–H and O–H groups in total. The molecule has 0 rings (SSSR count). The van der Waals surface area contributed by atoms with Crippen LogP contribution < -0.4 is 0 Å². The van der Waals surface area contributed by atoms with Crippen LogP contribution >= 0.6 is 11.8 Å². The molecule has 55 valence electrons.